The summed E-state index contributed by atoms with van der Waals surface area (Å²) < 4.78 is 10.5. The molecule has 0 saturated heterocycles. The van der Waals surface area contributed by atoms with Gasteiger partial charge in [0.1, 0.15) is 11.5 Å². The van der Waals surface area contributed by atoms with Gasteiger partial charge in [0.05, 0.1) is 14.2 Å². The Balaban J connectivity index is 1.98. The summed E-state index contributed by atoms with van der Waals surface area (Å²) in [5.74, 6) is 1.28. The molecule has 0 amide bonds. The summed E-state index contributed by atoms with van der Waals surface area (Å²) in [6.45, 7) is 1.19. The molecule has 5 heteroatoms. The van der Waals surface area contributed by atoms with Crippen LogP contribution in [0.5, 0.6) is 23.0 Å². The van der Waals surface area contributed by atoms with Gasteiger partial charge in [-0.05, 0) is 23.8 Å². The van der Waals surface area contributed by atoms with Crippen LogP contribution in [0.2, 0.25) is 0 Å². The van der Waals surface area contributed by atoms with Gasteiger partial charge in [0.25, 0.3) is 0 Å². The fraction of sp³-hybridized carbons (Fsp3) is 0.250. The number of ether oxygens (including phenoxy) is 2. The van der Waals surface area contributed by atoms with Crippen LogP contribution in [0.4, 0.5) is 0 Å². The van der Waals surface area contributed by atoms with Gasteiger partial charge in [-0.2, -0.15) is 0 Å². The van der Waals surface area contributed by atoms with Gasteiger partial charge in [-0.15, -0.1) is 0 Å². The minimum absolute atomic E-state index is 0.115. The van der Waals surface area contributed by atoms with Gasteiger partial charge in [-0.3, -0.25) is 0 Å². The van der Waals surface area contributed by atoms with Gasteiger partial charge in [-0.25, -0.2) is 0 Å². The number of phenols is 2. The van der Waals surface area contributed by atoms with Crippen molar-refractivity contribution in [2.45, 2.75) is 13.1 Å². The fourth-order valence-corrected chi connectivity index (χ4v) is 2.02. The van der Waals surface area contributed by atoms with E-state index in [9.17, 15) is 10.2 Å². The molecule has 3 N–H and O–H groups in total. The van der Waals surface area contributed by atoms with E-state index < -0.39 is 0 Å². The number of rotatable bonds is 6. The molecule has 2 aromatic carbocycles. The molecule has 0 heterocycles. The number of aromatic hydroxyl groups is 2. The molecule has 112 valence electrons. The van der Waals surface area contributed by atoms with Crippen LogP contribution >= 0.6 is 0 Å². The average Bonchev–Trinajstić information content (AvgIpc) is 2.51. The molecule has 0 atom stereocenters. The lowest BCUT2D eigenvalue weighted by molar-refractivity contribution is 0.389. The lowest BCUT2D eigenvalue weighted by atomic mass is 10.1. The topological polar surface area (TPSA) is 71.0 Å². The Hall–Kier alpha value is -2.40. The van der Waals surface area contributed by atoms with Crippen LogP contribution in [0.1, 0.15) is 11.1 Å². The fourth-order valence-electron chi connectivity index (χ4n) is 2.02. The molecule has 0 aromatic heterocycles. The first-order chi connectivity index (χ1) is 10.1. The Morgan fingerprint density at radius 3 is 2.38 bits per heavy atom. The Morgan fingerprint density at radius 2 is 1.71 bits per heavy atom. The normalized spacial score (nSPS) is 10.4. The summed E-state index contributed by atoms with van der Waals surface area (Å²) in [4.78, 5) is 0. The number of hydrogen-bond acceptors (Lipinski definition) is 5. The predicted molar refractivity (Wildman–Crippen MR) is 79.9 cm³/mol. The molecule has 0 aliphatic heterocycles. The second kappa shape index (κ2) is 6.85. The summed E-state index contributed by atoms with van der Waals surface area (Å²) in [6.07, 6.45) is 0. The zero-order chi connectivity index (χ0) is 15.2. The molecule has 0 unspecified atom stereocenters. The molecule has 0 aliphatic rings. The summed E-state index contributed by atoms with van der Waals surface area (Å²) in [7, 11) is 3.24. The van der Waals surface area contributed by atoms with E-state index in [4.69, 9.17) is 9.47 Å². The van der Waals surface area contributed by atoms with E-state index in [2.05, 4.69) is 5.32 Å². The molecule has 0 saturated carbocycles. The van der Waals surface area contributed by atoms with Crippen molar-refractivity contribution < 1.29 is 19.7 Å². The van der Waals surface area contributed by atoms with E-state index in [1.54, 1.807) is 20.3 Å². The molecule has 21 heavy (non-hydrogen) atoms. The molecular weight excluding hydrogens is 270 g/mol. The standard InChI is InChI=1S/C16H19NO4/c1-20-13-5-4-12(16(8-13)21-2)10-17-9-11-3-6-14(18)15(19)7-11/h3-8,17-19H,9-10H2,1-2H3. The number of benzene rings is 2. The second-order valence-corrected chi connectivity index (χ2v) is 4.60. The predicted octanol–water partition coefficient (Wildman–Crippen LogP) is 2.40. The van der Waals surface area contributed by atoms with Crippen LogP contribution in [0.15, 0.2) is 36.4 Å². The zero-order valence-corrected chi connectivity index (χ0v) is 12.1. The maximum atomic E-state index is 9.44. The quantitative estimate of drug-likeness (QED) is 0.712. The van der Waals surface area contributed by atoms with Crippen LogP contribution in [0.25, 0.3) is 0 Å². The Bertz CT molecular complexity index is 613. The lowest BCUT2D eigenvalue weighted by Crippen LogP contribution is -2.13. The van der Waals surface area contributed by atoms with Gasteiger partial charge < -0.3 is 25.0 Å². The van der Waals surface area contributed by atoms with Crippen molar-refractivity contribution in [3.8, 4) is 23.0 Å². The van der Waals surface area contributed by atoms with Crippen molar-refractivity contribution in [2.24, 2.45) is 0 Å². The summed E-state index contributed by atoms with van der Waals surface area (Å²) in [5, 5.41) is 22.0. The SMILES string of the molecule is COc1ccc(CNCc2ccc(O)c(O)c2)c(OC)c1. The van der Waals surface area contributed by atoms with Crippen molar-refractivity contribution in [2.75, 3.05) is 14.2 Å². The van der Waals surface area contributed by atoms with E-state index in [-0.39, 0.29) is 11.5 Å². The molecule has 0 spiro atoms. The van der Waals surface area contributed by atoms with E-state index in [0.717, 1.165) is 22.6 Å². The zero-order valence-electron chi connectivity index (χ0n) is 12.1. The first kappa shape index (κ1) is 15.0. The number of hydrogen-bond donors (Lipinski definition) is 3. The van der Waals surface area contributed by atoms with E-state index in [1.165, 1.54) is 12.1 Å². The molecule has 0 fully saturated rings. The largest absolute Gasteiger partial charge is 0.504 e. The second-order valence-electron chi connectivity index (χ2n) is 4.60. The lowest BCUT2D eigenvalue weighted by Gasteiger charge is -2.11. The minimum Gasteiger partial charge on any atom is -0.504 e. The van der Waals surface area contributed by atoms with E-state index >= 15 is 0 Å². The van der Waals surface area contributed by atoms with Crippen LogP contribution in [0, 0.1) is 0 Å². The van der Waals surface area contributed by atoms with Crippen LogP contribution in [0.3, 0.4) is 0 Å². The molecular formula is C16H19NO4. The van der Waals surface area contributed by atoms with Gasteiger partial charge in [-0.1, -0.05) is 12.1 Å². The maximum absolute atomic E-state index is 9.44. The summed E-state index contributed by atoms with van der Waals surface area (Å²) in [6, 6.07) is 10.4. The number of phenolic OH excluding ortho intramolecular Hbond substituents is 2. The molecule has 0 radical (unpaired) electrons. The van der Waals surface area contributed by atoms with Crippen molar-refractivity contribution in [3.63, 3.8) is 0 Å². The van der Waals surface area contributed by atoms with Crippen LogP contribution < -0.4 is 14.8 Å². The highest BCUT2D eigenvalue weighted by atomic mass is 16.5. The molecule has 2 aromatic rings. The van der Waals surface area contributed by atoms with Gasteiger partial charge in [0.15, 0.2) is 11.5 Å². The van der Waals surface area contributed by atoms with Crippen molar-refractivity contribution in [1.29, 1.82) is 0 Å². The maximum Gasteiger partial charge on any atom is 0.157 e. The first-order valence-electron chi connectivity index (χ1n) is 6.56. The molecule has 0 aliphatic carbocycles. The Morgan fingerprint density at radius 1 is 0.905 bits per heavy atom. The van der Waals surface area contributed by atoms with E-state index in [1.807, 2.05) is 18.2 Å². The van der Waals surface area contributed by atoms with Gasteiger partial charge >= 0.3 is 0 Å². The van der Waals surface area contributed by atoms with Crippen molar-refractivity contribution in [3.05, 3.63) is 47.5 Å². The smallest absolute Gasteiger partial charge is 0.157 e. The molecule has 0 bridgehead atoms. The van der Waals surface area contributed by atoms with Crippen molar-refractivity contribution >= 4 is 0 Å². The number of nitrogens with one attached hydrogen (secondary N) is 1. The highest BCUT2D eigenvalue weighted by Crippen LogP contribution is 2.26. The number of methoxy groups -OCH3 is 2. The minimum atomic E-state index is -0.115. The van der Waals surface area contributed by atoms with Gasteiger partial charge in [0, 0.05) is 24.7 Å². The highest BCUT2D eigenvalue weighted by molar-refractivity contribution is 5.41. The summed E-state index contributed by atoms with van der Waals surface area (Å²) >= 11 is 0. The van der Waals surface area contributed by atoms with Crippen LogP contribution in [-0.2, 0) is 13.1 Å². The third-order valence-corrected chi connectivity index (χ3v) is 3.18. The highest BCUT2D eigenvalue weighted by Gasteiger charge is 2.05. The third kappa shape index (κ3) is 3.79. The van der Waals surface area contributed by atoms with E-state index in [0.29, 0.717) is 13.1 Å². The average molecular weight is 289 g/mol. The monoisotopic (exact) mass is 289 g/mol. The Labute approximate surface area is 123 Å². The first-order valence-corrected chi connectivity index (χ1v) is 6.56. The third-order valence-electron chi connectivity index (χ3n) is 3.18. The Kier molecular flexibility index (Phi) is 4.90. The summed E-state index contributed by atoms with van der Waals surface area (Å²) in [5.41, 5.74) is 1.90. The molecule has 2 rings (SSSR count). The van der Waals surface area contributed by atoms with Gasteiger partial charge in [0.2, 0.25) is 0 Å². The van der Waals surface area contributed by atoms with Crippen LogP contribution in [-0.4, -0.2) is 24.4 Å². The van der Waals surface area contributed by atoms with Crippen molar-refractivity contribution in [1.82, 2.24) is 5.32 Å². The molecule has 5 nitrogen and oxygen atoms in total.